The van der Waals surface area contributed by atoms with Gasteiger partial charge in [-0.2, -0.15) is 0 Å². The second-order valence-electron chi connectivity index (χ2n) is 5.61. The second kappa shape index (κ2) is 7.74. The average Bonchev–Trinajstić information content (AvgIpc) is 3.17. The van der Waals surface area contributed by atoms with Crippen LogP contribution < -0.4 is 5.32 Å². The van der Waals surface area contributed by atoms with E-state index in [4.69, 9.17) is 4.42 Å². The first-order valence-electron chi connectivity index (χ1n) is 7.94. The van der Waals surface area contributed by atoms with E-state index in [0.717, 1.165) is 5.56 Å². The standard InChI is InChI=1S/C17H20N4O3/c22-16(13-19-12-14-3-5-18-6-4-14)20-7-9-21(10-8-20)17(23)15-2-1-11-24-15/h1-6,11,19H,7-10,12-13H2. The number of hydrogen-bond donors (Lipinski definition) is 1. The van der Waals surface area contributed by atoms with Crippen LogP contribution in [0.25, 0.3) is 0 Å². The number of carbonyl (C=O) groups excluding carboxylic acids is 2. The van der Waals surface area contributed by atoms with E-state index in [9.17, 15) is 9.59 Å². The van der Waals surface area contributed by atoms with E-state index in [1.807, 2.05) is 12.1 Å². The second-order valence-corrected chi connectivity index (χ2v) is 5.61. The Morgan fingerprint density at radius 2 is 1.79 bits per heavy atom. The zero-order valence-corrected chi connectivity index (χ0v) is 13.4. The quantitative estimate of drug-likeness (QED) is 0.876. The van der Waals surface area contributed by atoms with Crippen LogP contribution in [0.2, 0.25) is 0 Å². The maximum Gasteiger partial charge on any atom is 0.289 e. The lowest BCUT2D eigenvalue weighted by Crippen LogP contribution is -2.52. The summed E-state index contributed by atoms with van der Waals surface area (Å²) in [7, 11) is 0. The first-order valence-corrected chi connectivity index (χ1v) is 7.94. The normalized spacial score (nSPS) is 14.7. The Kier molecular flexibility index (Phi) is 5.22. The number of piperazine rings is 1. The van der Waals surface area contributed by atoms with Crippen molar-refractivity contribution in [1.29, 1.82) is 0 Å². The summed E-state index contributed by atoms with van der Waals surface area (Å²) in [5.41, 5.74) is 1.09. The largest absolute Gasteiger partial charge is 0.459 e. The minimum atomic E-state index is -0.122. The number of hydrogen-bond acceptors (Lipinski definition) is 5. The predicted molar refractivity (Wildman–Crippen MR) is 87.1 cm³/mol. The predicted octanol–water partition coefficient (Wildman–Crippen LogP) is 0.749. The van der Waals surface area contributed by atoms with Gasteiger partial charge in [-0.15, -0.1) is 0 Å². The van der Waals surface area contributed by atoms with E-state index >= 15 is 0 Å². The van der Waals surface area contributed by atoms with Crippen LogP contribution in [0.1, 0.15) is 16.1 Å². The van der Waals surface area contributed by atoms with Gasteiger partial charge < -0.3 is 19.5 Å². The number of pyridine rings is 1. The Balaban J connectivity index is 1.41. The molecule has 7 heteroatoms. The Morgan fingerprint density at radius 1 is 1.08 bits per heavy atom. The van der Waals surface area contributed by atoms with Gasteiger partial charge in [-0.3, -0.25) is 14.6 Å². The van der Waals surface area contributed by atoms with Crippen LogP contribution in [0.3, 0.4) is 0 Å². The van der Waals surface area contributed by atoms with E-state index in [0.29, 0.717) is 38.5 Å². The molecule has 7 nitrogen and oxygen atoms in total. The van der Waals surface area contributed by atoms with Crippen molar-refractivity contribution in [2.24, 2.45) is 0 Å². The number of amides is 2. The van der Waals surface area contributed by atoms with Crippen LogP contribution in [0.5, 0.6) is 0 Å². The van der Waals surface area contributed by atoms with Crippen molar-refractivity contribution in [2.75, 3.05) is 32.7 Å². The highest BCUT2D eigenvalue weighted by atomic mass is 16.3. The highest BCUT2D eigenvalue weighted by Gasteiger charge is 2.25. The van der Waals surface area contributed by atoms with Gasteiger partial charge in [0.1, 0.15) is 0 Å². The van der Waals surface area contributed by atoms with Crippen molar-refractivity contribution in [3.05, 3.63) is 54.2 Å². The van der Waals surface area contributed by atoms with Gasteiger partial charge in [-0.25, -0.2) is 0 Å². The molecule has 0 spiro atoms. The number of furan rings is 1. The van der Waals surface area contributed by atoms with E-state index in [2.05, 4.69) is 10.3 Å². The molecule has 1 N–H and O–H groups in total. The summed E-state index contributed by atoms with van der Waals surface area (Å²) in [4.78, 5) is 31.9. The highest BCUT2D eigenvalue weighted by Crippen LogP contribution is 2.09. The third-order valence-corrected chi connectivity index (χ3v) is 4.01. The average molecular weight is 328 g/mol. The molecule has 0 bridgehead atoms. The summed E-state index contributed by atoms with van der Waals surface area (Å²) in [6, 6.07) is 7.18. The van der Waals surface area contributed by atoms with Crippen LogP contribution in [0, 0.1) is 0 Å². The molecule has 3 heterocycles. The zero-order chi connectivity index (χ0) is 16.8. The third-order valence-electron chi connectivity index (χ3n) is 4.01. The molecule has 3 rings (SSSR count). The smallest absolute Gasteiger partial charge is 0.289 e. The van der Waals surface area contributed by atoms with Gasteiger partial charge in [0, 0.05) is 45.1 Å². The lowest BCUT2D eigenvalue weighted by Gasteiger charge is -2.34. The molecule has 2 aromatic heterocycles. The molecule has 2 aromatic rings. The van der Waals surface area contributed by atoms with Gasteiger partial charge in [0.25, 0.3) is 5.91 Å². The van der Waals surface area contributed by atoms with Crippen LogP contribution in [0.15, 0.2) is 47.3 Å². The van der Waals surface area contributed by atoms with E-state index in [1.165, 1.54) is 6.26 Å². The van der Waals surface area contributed by atoms with Crippen LogP contribution in [-0.2, 0) is 11.3 Å². The Labute approximate surface area is 140 Å². The molecule has 126 valence electrons. The molecule has 1 saturated heterocycles. The molecule has 1 fully saturated rings. The third kappa shape index (κ3) is 3.99. The number of nitrogens with one attached hydrogen (secondary N) is 1. The summed E-state index contributed by atoms with van der Waals surface area (Å²) >= 11 is 0. The molecule has 0 radical (unpaired) electrons. The number of aromatic nitrogens is 1. The van der Waals surface area contributed by atoms with Gasteiger partial charge in [0.05, 0.1) is 12.8 Å². The SMILES string of the molecule is O=C(CNCc1ccncc1)N1CCN(C(=O)c2ccco2)CC1. The fourth-order valence-corrected chi connectivity index (χ4v) is 2.64. The molecule has 0 unspecified atom stereocenters. The van der Waals surface area contributed by atoms with Crippen molar-refractivity contribution in [2.45, 2.75) is 6.54 Å². The minimum absolute atomic E-state index is 0.0501. The number of nitrogens with zero attached hydrogens (tertiary/aromatic N) is 3. The lowest BCUT2D eigenvalue weighted by atomic mass is 10.2. The first-order chi connectivity index (χ1) is 11.7. The zero-order valence-electron chi connectivity index (χ0n) is 13.4. The van der Waals surface area contributed by atoms with E-state index in [-0.39, 0.29) is 18.4 Å². The van der Waals surface area contributed by atoms with Gasteiger partial charge in [-0.05, 0) is 29.8 Å². The molecule has 0 aromatic carbocycles. The number of carbonyl (C=O) groups is 2. The Morgan fingerprint density at radius 3 is 2.46 bits per heavy atom. The molecular formula is C17H20N4O3. The number of rotatable bonds is 5. The fraction of sp³-hybridized carbons (Fsp3) is 0.353. The molecule has 0 saturated carbocycles. The monoisotopic (exact) mass is 328 g/mol. The van der Waals surface area contributed by atoms with Crippen LogP contribution in [-0.4, -0.2) is 59.3 Å². The molecule has 2 amide bonds. The molecule has 0 aliphatic carbocycles. The van der Waals surface area contributed by atoms with Crippen LogP contribution in [0.4, 0.5) is 0 Å². The topological polar surface area (TPSA) is 78.7 Å². The molecule has 24 heavy (non-hydrogen) atoms. The summed E-state index contributed by atoms with van der Waals surface area (Å²) in [5, 5.41) is 3.14. The van der Waals surface area contributed by atoms with E-state index < -0.39 is 0 Å². The molecule has 1 aliphatic heterocycles. The summed E-state index contributed by atoms with van der Waals surface area (Å²) in [6.07, 6.45) is 4.95. The van der Waals surface area contributed by atoms with Crippen LogP contribution >= 0.6 is 0 Å². The molecular weight excluding hydrogens is 308 g/mol. The highest BCUT2D eigenvalue weighted by molar-refractivity contribution is 5.91. The van der Waals surface area contributed by atoms with Crippen molar-refractivity contribution in [3.63, 3.8) is 0 Å². The van der Waals surface area contributed by atoms with Gasteiger partial charge in [0.15, 0.2) is 5.76 Å². The van der Waals surface area contributed by atoms with Gasteiger partial charge in [-0.1, -0.05) is 0 Å². The minimum Gasteiger partial charge on any atom is -0.459 e. The van der Waals surface area contributed by atoms with Crippen molar-refractivity contribution in [3.8, 4) is 0 Å². The lowest BCUT2D eigenvalue weighted by molar-refractivity contribution is -0.131. The Bertz CT molecular complexity index is 664. The van der Waals surface area contributed by atoms with Crippen molar-refractivity contribution < 1.29 is 14.0 Å². The van der Waals surface area contributed by atoms with Crippen molar-refractivity contribution in [1.82, 2.24) is 20.1 Å². The maximum absolute atomic E-state index is 12.2. The first kappa shape index (κ1) is 16.2. The van der Waals surface area contributed by atoms with Gasteiger partial charge >= 0.3 is 0 Å². The Hall–Kier alpha value is -2.67. The van der Waals surface area contributed by atoms with Crippen molar-refractivity contribution >= 4 is 11.8 Å². The summed E-state index contributed by atoms with van der Waals surface area (Å²) in [5.74, 6) is 0.269. The molecule has 0 atom stereocenters. The van der Waals surface area contributed by atoms with E-state index in [1.54, 1.807) is 34.3 Å². The summed E-state index contributed by atoms with van der Waals surface area (Å²) < 4.78 is 5.13. The maximum atomic E-state index is 12.2. The summed E-state index contributed by atoms with van der Waals surface area (Å²) in [6.45, 7) is 3.05. The molecule has 1 aliphatic rings. The fourth-order valence-electron chi connectivity index (χ4n) is 2.64. The van der Waals surface area contributed by atoms with Gasteiger partial charge in [0.2, 0.25) is 5.91 Å².